The zero-order chi connectivity index (χ0) is 90.3. The molecule has 4 amide bonds. The monoisotopic (exact) mass is 1740 g/mol. The maximum absolute atomic E-state index is 16.9. The summed E-state index contributed by atoms with van der Waals surface area (Å²) in [6.07, 6.45) is -16.4. The topological polar surface area (TPSA) is 330 Å². The Bertz CT molecular complexity index is 4590. The van der Waals surface area contributed by atoms with Crippen LogP contribution in [-0.2, 0) is 90.8 Å². The number of methoxy groups -OCH3 is 2. The summed E-state index contributed by atoms with van der Waals surface area (Å²) in [6, 6.07) is 4.27. The zero-order valence-electron chi connectivity index (χ0n) is 70.6. The van der Waals surface area contributed by atoms with Crippen molar-refractivity contribution in [3.63, 3.8) is 0 Å². The number of alkyl halides is 8. The van der Waals surface area contributed by atoms with Gasteiger partial charge in [0.1, 0.15) is 41.2 Å². The van der Waals surface area contributed by atoms with Gasteiger partial charge in [-0.05, 0) is 169 Å². The summed E-state index contributed by atoms with van der Waals surface area (Å²) in [6.45, 7) is 18.9. The molecule has 0 saturated carbocycles. The van der Waals surface area contributed by atoms with Crippen molar-refractivity contribution in [2.24, 2.45) is 10.8 Å². The number of phosphoric ester groups is 1. The third-order valence-electron chi connectivity index (χ3n) is 19.8. The number of halogens is 10. The second kappa shape index (κ2) is 38.3. The highest BCUT2D eigenvalue weighted by Gasteiger charge is 2.58. The molecule has 3 fully saturated rings. The van der Waals surface area contributed by atoms with Gasteiger partial charge in [-0.1, -0.05) is 43.9 Å². The number of aromatic nitrogens is 4. The molecule has 0 radical (unpaired) electrons. The number of piperazine rings is 1. The number of carbonyl (C=O) groups is 7. The molecule has 2 unspecified atom stereocenters. The molecule has 3 aliphatic rings. The SMILES string of the molecule is COC(=O)N[C@H](C(=O)N[C@@H](Cc1ccc(C#Cc2cnc(N3CC4CCC(C3)N4C3COC3)nc2)cc1)[C@H](CN(Cc1c(F)cc(-c2ccn(C(F)F)n2)cc1F)NC(=O)[C@@H](NC(=O)OC)C(C)(C)C(F)(F)F)OC(=O)O[C@@H](C)OC(=O)CC(C)(C)c1c(CC(=O)OC(C)(C)C)cc(C)cc1OP(=O)(OC(C)(C)C)OC(C)(C)C)C(C)(C)C(F)(F)F. The van der Waals surface area contributed by atoms with Gasteiger partial charge in [0.05, 0.1) is 92.2 Å². The maximum atomic E-state index is 16.9. The first-order valence-electron chi connectivity index (χ1n) is 38.5. The molecule has 29 nitrogen and oxygen atoms in total. The molecule has 3 aromatic carbocycles. The van der Waals surface area contributed by atoms with Crippen LogP contribution in [0.4, 0.5) is 64.2 Å². The van der Waals surface area contributed by atoms with Crippen molar-refractivity contribution >= 4 is 55.9 Å². The summed E-state index contributed by atoms with van der Waals surface area (Å²) in [5, 5.41) is 10.0. The summed E-state index contributed by atoms with van der Waals surface area (Å²) < 4.78 is 223. The Hall–Kier alpha value is -9.87. The predicted molar refractivity (Wildman–Crippen MR) is 416 cm³/mol. The van der Waals surface area contributed by atoms with Crippen LogP contribution in [0.25, 0.3) is 11.3 Å². The highest BCUT2D eigenvalue weighted by atomic mass is 31.2. The standard InChI is InChI=1S/C81H104F10N11O18P/c1-45-30-51(35-62(103)117-74(3,4)5)64(60(31-45)118-121(110,119-75(6,7)8)120-76(9,10)11)77(12,13)36-63(104)114-46(2)115-73(109)116-61(42-100(98-68(106)66(96-72(108)112-19)79(16,17)81(89,90)91)41-55-56(82)33-50(34-57(55)83)58-28-29-101(97-58)69(84)85)59(94-67(105)65(95-71(107)111-18)78(14,15)80(86,87)88)32-48-23-20-47(21-24-48)22-25-49-37-92-70(93-38-49)99-39-52-26-27-53(40-99)102(52)54-43-113-44-54/h20-21,23-24,28-31,33-34,37-38,46,52-54,59,61,65-66,69H,26-27,32,35-36,39-44H2,1-19H3,(H,94,105)(H,95,107)(H,96,108)(H,98,106)/t46-,52?,53?,59-,61-,65+,66+/m0/s1. The van der Waals surface area contributed by atoms with Crippen LogP contribution in [0.15, 0.2) is 73.2 Å². The number of aryl methyl sites for hydroxylation is 1. The third-order valence-corrected chi connectivity index (χ3v) is 21.7. The summed E-state index contributed by atoms with van der Waals surface area (Å²) >= 11 is 0. The van der Waals surface area contributed by atoms with E-state index in [1.54, 1.807) is 80.6 Å². The van der Waals surface area contributed by atoms with Crippen molar-refractivity contribution in [2.75, 3.05) is 52.0 Å². The van der Waals surface area contributed by atoms with Gasteiger partial charge in [-0.15, -0.1) is 0 Å². The van der Waals surface area contributed by atoms with Gasteiger partial charge in [0.25, 0.3) is 5.91 Å². The fourth-order valence-corrected chi connectivity index (χ4v) is 15.7. The van der Waals surface area contributed by atoms with Crippen molar-refractivity contribution in [1.82, 2.24) is 51.0 Å². The lowest BCUT2D eigenvalue weighted by Crippen LogP contribution is -2.64. The van der Waals surface area contributed by atoms with Crippen LogP contribution >= 0.6 is 7.82 Å². The van der Waals surface area contributed by atoms with Crippen LogP contribution in [0.3, 0.4) is 0 Å². The average molecular weight is 1740 g/mol. The van der Waals surface area contributed by atoms with Gasteiger partial charge in [0, 0.05) is 84.9 Å². The van der Waals surface area contributed by atoms with Crippen molar-refractivity contribution in [3.05, 3.63) is 124 Å². The number of nitrogens with one attached hydrogen (secondary N) is 4. The first kappa shape index (κ1) is 96.6. The second-order valence-corrected chi connectivity index (χ2v) is 35.9. The fourth-order valence-electron chi connectivity index (χ4n) is 13.8. The number of hydrogen-bond donors (Lipinski definition) is 4. The molecule has 4 N–H and O–H groups in total. The van der Waals surface area contributed by atoms with Gasteiger partial charge in [0.15, 0.2) is 0 Å². The van der Waals surface area contributed by atoms with Gasteiger partial charge >= 0.3 is 57.0 Å². The lowest BCUT2D eigenvalue weighted by molar-refractivity contribution is -0.221. The van der Waals surface area contributed by atoms with E-state index in [4.69, 9.17) is 37.3 Å². The summed E-state index contributed by atoms with van der Waals surface area (Å²) in [7, 11) is -3.19. The Morgan fingerprint density at radius 1 is 0.669 bits per heavy atom. The van der Waals surface area contributed by atoms with E-state index in [-0.39, 0.29) is 27.1 Å². The van der Waals surface area contributed by atoms with E-state index in [9.17, 15) is 42.1 Å². The Balaban J connectivity index is 1.22. The van der Waals surface area contributed by atoms with Crippen LogP contribution in [-0.4, -0.2) is 197 Å². The number of ether oxygens (including phenoxy) is 7. The second-order valence-electron chi connectivity index (χ2n) is 34.4. The molecule has 40 heteroatoms. The smallest absolute Gasteiger partial charge is 0.460 e. The number of hydrazine groups is 1. The highest BCUT2D eigenvalue weighted by Crippen LogP contribution is 2.57. The van der Waals surface area contributed by atoms with Crippen LogP contribution in [0.1, 0.15) is 176 Å². The van der Waals surface area contributed by atoms with E-state index in [0.717, 1.165) is 46.2 Å². The number of rotatable bonds is 31. The van der Waals surface area contributed by atoms with E-state index < -0.39 is 193 Å². The number of nitrogens with zero attached hydrogens (tertiary/aromatic N) is 7. The third kappa shape index (κ3) is 26.1. The van der Waals surface area contributed by atoms with Crippen LogP contribution in [0.5, 0.6) is 5.75 Å². The minimum absolute atomic E-state index is 0.0799. The fraction of sp³-hybridized carbons (Fsp3) is 0.580. The predicted octanol–water partition coefficient (Wildman–Crippen LogP) is 13.7. The zero-order valence-corrected chi connectivity index (χ0v) is 71.5. The molecule has 2 aromatic heterocycles. The maximum Gasteiger partial charge on any atom is 0.531 e. The molecule has 121 heavy (non-hydrogen) atoms. The number of phosphoric acid groups is 1. The van der Waals surface area contributed by atoms with Gasteiger partial charge < -0.3 is 58.5 Å². The molecule has 0 aliphatic carbocycles. The lowest BCUT2D eigenvalue weighted by atomic mass is 9.77. The summed E-state index contributed by atoms with van der Waals surface area (Å²) in [5.74, 6) is -2.36. The number of alkyl carbamates (subject to hydrolysis) is 2. The molecule has 8 rings (SSSR count). The normalized spacial score (nSPS) is 17.1. The van der Waals surface area contributed by atoms with Gasteiger partial charge in [-0.3, -0.25) is 38.6 Å². The Labute approximate surface area is 694 Å². The summed E-state index contributed by atoms with van der Waals surface area (Å²) in [5.41, 5.74) is -9.87. The number of fused-ring (bicyclic) bond motifs is 2. The van der Waals surface area contributed by atoms with Gasteiger partial charge in [-0.2, -0.15) is 40.2 Å². The van der Waals surface area contributed by atoms with Gasteiger partial charge in [-0.25, -0.2) is 47.4 Å². The number of carbonyl (C=O) groups excluding carboxylic acids is 7. The van der Waals surface area contributed by atoms with Crippen LogP contribution in [0, 0.1) is 41.2 Å². The first-order chi connectivity index (χ1) is 55.9. The van der Waals surface area contributed by atoms with E-state index in [0.29, 0.717) is 112 Å². The van der Waals surface area contributed by atoms with Crippen molar-refractivity contribution in [3.8, 4) is 28.8 Å². The number of esters is 2. The molecule has 666 valence electrons. The molecular weight excluding hydrogens is 1640 g/mol. The number of amides is 4. The average Bonchev–Trinajstić information content (AvgIpc) is 1.75. The van der Waals surface area contributed by atoms with Crippen LogP contribution < -0.4 is 30.8 Å². The molecule has 5 aromatic rings. The van der Waals surface area contributed by atoms with E-state index in [2.05, 4.69) is 56.9 Å². The molecule has 7 atom stereocenters. The molecular formula is C81H104F10N11O18P. The van der Waals surface area contributed by atoms with Crippen molar-refractivity contribution in [1.29, 1.82) is 0 Å². The van der Waals surface area contributed by atoms with Crippen molar-refractivity contribution in [2.45, 2.75) is 246 Å². The number of hydrogen-bond acceptors (Lipinski definition) is 24. The molecule has 2 bridgehead atoms. The number of anilines is 1. The molecule has 5 heterocycles. The summed E-state index contributed by atoms with van der Waals surface area (Å²) in [4.78, 5) is 113. The van der Waals surface area contributed by atoms with E-state index in [1.807, 2.05) is 5.32 Å². The quantitative estimate of drug-likeness (QED) is 0.00609. The van der Waals surface area contributed by atoms with E-state index in [1.165, 1.54) is 56.6 Å². The highest BCUT2D eigenvalue weighted by molar-refractivity contribution is 7.49. The van der Waals surface area contributed by atoms with Gasteiger partial charge in [0.2, 0.25) is 18.1 Å². The minimum Gasteiger partial charge on any atom is -0.460 e. The Kier molecular flexibility index (Phi) is 30.5. The number of benzene rings is 3. The Morgan fingerprint density at radius 2 is 1.21 bits per heavy atom. The largest absolute Gasteiger partial charge is 0.531 e. The first-order valence-corrected chi connectivity index (χ1v) is 40.0. The minimum atomic E-state index is -5.40. The Morgan fingerprint density at radius 3 is 1.69 bits per heavy atom. The molecule has 3 saturated heterocycles. The van der Waals surface area contributed by atoms with Crippen LogP contribution in [0.2, 0.25) is 0 Å². The molecule has 3 aliphatic heterocycles. The lowest BCUT2D eigenvalue weighted by Gasteiger charge is -2.47. The van der Waals surface area contributed by atoms with Crippen molar-refractivity contribution < 1.29 is 129 Å². The van der Waals surface area contributed by atoms with E-state index >= 15 is 39.9 Å². The molecule has 0 spiro atoms.